The fraction of sp³-hybridized carbons (Fsp3) is 0.238. The van der Waals surface area contributed by atoms with Gasteiger partial charge in [-0.05, 0) is 49.2 Å². The largest absolute Gasteiger partial charge is 0.493 e. The van der Waals surface area contributed by atoms with Crippen molar-refractivity contribution in [2.75, 3.05) is 13.2 Å². The SMILES string of the molecule is Cc1nc2ccc(Cl)cc2cc1C(=O)NCC1COc2ccccc2C1. The molecule has 1 aliphatic heterocycles. The van der Waals surface area contributed by atoms with Crippen molar-refractivity contribution in [2.24, 2.45) is 5.92 Å². The molecule has 1 amide bonds. The van der Waals surface area contributed by atoms with Gasteiger partial charge in [0.15, 0.2) is 0 Å². The molecule has 0 saturated carbocycles. The quantitative estimate of drug-likeness (QED) is 0.756. The molecule has 3 aromatic rings. The van der Waals surface area contributed by atoms with Crippen LogP contribution in [0.15, 0.2) is 48.5 Å². The van der Waals surface area contributed by atoms with Crippen molar-refractivity contribution in [2.45, 2.75) is 13.3 Å². The number of carbonyl (C=O) groups is 1. The van der Waals surface area contributed by atoms with Gasteiger partial charge in [0.2, 0.25) is 0 Å². The number of benzene rings is 2. The number of nitrogens with one attached hydrogen (secondary N) is 1. The molecule has 2 aromatic carbocycles. The van der Waals surface area contributed by atoms with E-state index in [-0.39, 0.29) is 11.8 Å². The number of amides is 1. The van der Waals surface area contributed by atoms with E-state index in [1.165, 1.54) is 5.56 Å². The van der Waals surface area contributed by atoms with Gasteiger partial charge < -0.3 is 10.1 Å². The average Bonchev–Trinajstić information content (AvgIpc) is 2.65. The summed E-state index contributed by atoms with van der Waals surface area (Å²) in [6.07, 6.45) is 0.904. The highest BCUT2D eigenvalue weighted by molar-refractivity contribution is 6.31. The number of nitrogens with zero attached hydrogens (tertiary/aromatic N) is 1. The zero-order valence-electron chi connectivity index (χ0n) is 14.5. The van der Waals surface area contributed by atoms with Gasteiger partial charge in [0.05, 0.1) is 23.4 Å². The molecule has 1 aromatic heterocycles. The van der Waals surface area contributed by atoms with Crippen LogP contribution in [0.25, 0.3) is 10.9 Å². The lowest BCUT2D eigenvalue weighted by atomic mass is 9.96. The van der Waals surface area contributed by atoms with Crippen LogP contribution in [-0.2, 0) is 6.42 Å². The number of hydrogen-bond donors (Lipinski definition) is 1. The van der Waals surface area contributed by atoms with Crippen LogP contribution in [-0.4, -0.2) is 24.0 Å². The normalized spacial score (nSPS) is 16.0. The Morgan fingerprint density at radius 3 is 3.00 bits per heavy atom. The van der Waals surface area contributed by atoms with Gasteiger partial charge in [0.1, 0.15) is 5.75 Å². The summed E-state index contributed by atoms with van der Waals surface area (Å²) < 4.78 is 5.79. The molecule has 2 heterocycles. The minimum absolute atomic E-state index is 0.115. The number of aromatic nitrogens is 1. The van der Waals surface area contributed by atoms with Gasteiger partial charge in [-0.25, -0.2) is 0 Å². The third-order valence-electron chi connectivity index (χ3n) is 4.72. The van der Waals surface area contributed by atoms with E-state index in [2.05, 4.69) is 16.4 Å². The van der Waals surface area contributed by atoms with E-state index < -0.39 is 0 Å². The fourth-order valence-corrected chi connectivity index (χ4v) is 3.51. The zero-order chi connectivity index (χ0) is 18.1. The van der Waals surface area contributed by atoms with E-state index in [4.69, 9.17) is 16.3 Å². The van der Waals surface area contributed by atoms with Crippen LogP contribution in [0.3, 0.4) is 0 Å². The maximum Gasteiger partial charge on any atom is 0.253 e. The monoisotopic (exact) mass is 366 g/mol. The zero-order valence-corrected chi connectivity index (χ0v) is 15.2. The first kappa shape index (κ1) is 16.9. The van der Waals surface area contributed by atoms with Crippen LogP contribution in [0.4, 0.5) is 0 Å². The van der Waals surface area contributed by atoms with Gasteiger partial charge in [-0.1, -0.05) is 29.8 Å². The van der Waals surface area contributed by atoms with Crippen molar-refractivity contribution in [3.05, 3.63) is 70.4 Å². The number of para-hydroxylation sites is 1. The van der Waals surface area contributed by atoms with Crippen molar-refractivity contribution >= 4 is 28.4 Å². The summed E-state index contributed by atoms with van der Waals surface area (Å²) in [6, 6.07) is 15.4. The van der Waals surface area contributed by atoms with E-state index in [0.717, 1.165) is 23.1 Å². The summed E-state index contributed by atoms with van der Waals surface area (Å²) in [6.45, 7) is 3.03. The molecule has 0 saturated heterocycles. The van der Waals surface area contributed by atoms with Crippen LogP contribution in [0.2, 0.25) is 5.02 Å². The van der Waals surface area contributed by atoms with Crippen LogP contribution >= 0.6 is 11.6 Å². The van der Waals surface area contributed by atoms with E-state index in [1.54, 1.807) is 6.07 Å². The second-order valence-electron chi connectivity index (χ2n) is 6.66. The van der Waals surface area contributed by atoms with Gasteiger partial charge >= 0.3 is 0 Å². The van der Waals surface area contributed by atoms with Crippen LogP contribution in [0, 0.1) is 12.8 Å². The van der Waals surface area contributed by atoms with E-state index >= 15 is 0 Å². The Hall–Kier alpha value is -2.59. The summed E-state index contributed by atoms with van der Waals surface area (Å²) in [5.74, 6) is 1.09. The second kappa shape index (κ2) is 6.96. The van der Waals surface area contributed by atoms with Crippen molar-refractivity contribution in [1.82, 2.24) is 10.3 Å². The number of halogens is 1. The third kappa shape index (κ3) is 3.37. The first-order valence-corrected chi connectivity index (χ1v) is 9.04. The van der Waals surface area contributed by atoms with E-state index in [9.17, 15) is 4.79 Å². The topological polar surface area (TPSA) is 51.2 Å². The molecule has 1 N–H and O–H groups in total. The number of fused-ring (bicyclic) bond motifs is 2. The van der Waals surface area contributed by atoms with Crippen LogP contribution < -0.4 is 10.1 Å². The Balaban J connectivity index is 1.47. The first-order chi connectivity index (χ1) is 12.6. The summed E-state index contributed by atoms with van der Waals surface area (Å²) in [4.78, 5) is 17.2. The van der Waals surface area contributed by atoms with Gasteiger partial charge in [-0.3, -0.25) is 9.78 Å². The number of rotatable bonds is 3. The summed E-state index contributed by atoms with van der Waals surface area (Å²) in [5, 5.41) is 4.52. The summed E-state index contributed by atoms with van der Waals surface area (Å²) in [5.41, 5.74) is 3.32. The molecule has 0 bridgehead atoms. The fourth-order valence-electron chi connectivity index (χ4n) is 3.33. The molecule has 0 spiro atoms. The highest BCUT2D eigenvalue weighted by Gasteiger charge is 2.21. The van der Waals surface area contributed by atoms with Crippen molar-refractivity contribution in [1.29, 1.82) is 0 Å². The predicted octanol–water partition coefficient (Wildman–Crippen LogP) is 4.18. The standard InChI is InChI=1S/C21H19ClN2O2/c1-13-18(10-16-9-17(22)6-7-19(16)24-13)21(25)23-11-14-8-15-4-2-3-5-20(15)26-12-14/h2-7,9-10,14H,8,11-12H2,1H3,(H,23,25). The number of carbonyl (C=O) groups excluding carboxylic acids is 1. The molecule has 1 atom stereocenters. The Morgan fingerprint density at radius 1 is 1.27 bits per heavy atom. The van der Waals surface area contributed by atoms with Gasteiger partial charge in [-0.2, -0.15) is 0 Å². The molecular weight excluding hydrogens is 348 g/mol. The molecule has 5 heteroatoms. The molecule has 4 nitrogen and oxygen atoms in total. The highest BCUT2D eigenvalue weighted by Crippen LogP contribution is 2.26. The maximum absolute atomic E-state index is 12.7. The van der Waals surface area contributed by atoms with Gasteiger partial charge in [-0.15, -0.1) is 0 Å². The molecule has 0 aliphatic carbocycles. The highest BCUT2D eigenvalue weighted by atomic mass is 35.5. The van der Waals surface area contributed by atoms with Gasteiger partial charge in [0.25, 0.3) is 5.91 Å². The molecule has 132 valence electrons. The van der Waals surface area contributed by atoms with Gasteiger partial charge in [0, 0.05) is 22.9 Å². The smallest absolute Gasteiger partial charge is 0.253 e. The number of pyridine rings is 1. The number of ether oxygens (including phenoxy) is 1. The van der Waals surface area contributed by atoms with Crippen molar-refractivity contribution in [3.63, 3.8) is 0 Å². The molecule has 1 unspecified atom stereocenters. The Bertz CT molecular complexity index is 987. The summed E-state index contributed by atoms with van der Waals surface area (Å²) in [7, 11) is 0. The van der Waals surface area contributed by atoms with Crippen molar-refractivity contribution in [3.8, 4) is 5.75 Å². The maximum atomic E-state index is 12.7. The molecular formula is C21H19ClN2O2. The van der Waals surface area contributed by atoms with Crippen molar-refractivity contribution < 1.29 is 9.53 Å². The summed E-state index contributed by atoms with van der Waals surface area (Å²) >= 11 is 6.05. The lowest BCUT2D eigenvalue weighted by Crippen LogP contribution is -2.35. The molecule has 0 radical (unpaired) electrons. The second-order valence-corrected chi connectivity index (χ2v) is 7.09. The minimum atomic E-state index is -0.115. The van der Waals surface area contributed by atoms with E-state index in [0.29, 0.717) is 29.4 Å². The lowest BCUT2D eigenvalue weighted by Gasteiger charge is -2.25. The van der Waals surface area contributed by atoms with Crippen LogP contribution in [0.1, 0.15) is 21.6 Å². The number of hydrogen-bond acceptors (Lipinski definition) is 3. The Morgan fingerprint density at radius 2 is 2.12 bits per heavy atom. The third-order valence-corrected chi connectivity index (χ3v) is 4.95. The lowest BCUT2D eigenvalue weighted by molar-refractivity contribution is 0.0938. The Kier molecular flexibility index (Phi) is 4.51. The van der Waals surface area contributed by atoms with Crippen LogP contribution in [0.5, 0.6) is 5.75 Å². The molecule has 26 heavy (non-hydrogen) atoms. The molecule has 0 fully saturated rings. The first-order valence-electron chi connectivity index (χ1n) is 8.66. The predicted molar refractivity (Wildman–Crippen MR) is 103 cm³/mol. The number of aryl methyl sites for hydroxylation is 1. The Labute approximate surface area is 157 Å². The molecule has 1 aliphatic rings. The minimum Gasteiger partial charge on any atom is -0.493 e. The van der Waals surface area contributed by atoms with E-state index in [1.807, 2.05) is 43.3 Å². The average molecular weight is 367 g/mol. The molecule has 4 rings (SSSR count).